The smallest absolute Gasteiger partial charge is 0.387 e. The number of carbonyl (C=O) groups is 1. The zero-order valence-corrected chi connectivity index (χ0v) is 17.5. The second-order valence-corrected chi connectivity index (χ2v) is 7.00. The molecule has 0 spiro atoms. The highest BCUT2D eigenvalue weighted by Crippen LogP contribution is 2.29. The van der Waals surface area contributed by atoms with Crippen LogP contribution in [0.5, 0.6) is 11.5 Å². The van der Waals surface area contributed by atoms with E-state index in [9.17, 15) is 13.6 Å². The Balaban J connectivity index is 1.63. The van der Waals surface area contributed by atoms with Gasteiger partial charge < -0.3 is 14.8 Å². The summed E-state index contributed by atoms with van der Waals surface area (Å²) in [6, 6.07) is 16.0. The molecule has 0 unspecified atom stereocenters. The number of aromatic nitrogens is 2. The molecule has 0 aliphatic heterocycles. The van der Waals surface area contributed by atoms with Crippen molar-refractivity contribution in [3.05, 3.63) is 65.9 Å². The molecule has 0 saturated carbocycles. The number of rotatable bonds is 9. The summed E-state index contributed by atoms with van der Waals surface area (Å²) in [5.74, 6) is 0.547. The van der Waals surface area contributed by atoms with Crippen molar-refractivity contribution in [3.63, 3.8) is 0 Å². The molecule has 7 nitrogen and oxygen atoms in total. The highest BCUT2D eigenvalue weighted by Gasteiger charge is 2.15. The Morgan fingerprint density at radius 3 is 2.58 bits per heavy atom. The van der Waals surface area contributed by atoms with E-state index in [0.717, 1.165) is 16.9 Å². The van der Waals surface area contributed by atoms with Crippen LogP contribution in [0.4, 0.5) is 14.6 Å². The molecule has 1 amide bonds. The van der Waals surface area contributed by atoms with Gasteiger partial charge in [-0.05, 0) is 43.8 Å². The number of benzene rings is 2. The molecule has 0 aliphatic rings. The number of anilines is 1. The molecule has 0 bridgehead atoms. The van der Waals surface area contributed by atoms with Gasteiger partial charge in [0.2, 0.25) is 5.91 Å². The minimum absolute atomic E-state index is 0.0359. The van der Waals surface area contributed by atoms with Crippen molar-refractivity contribution in [1.29, 1.82) is 0 Å². The molecule has 0 aliphatic carbocycles. The Morgan fingerprint density at radius 2 is 1.90 bits per heavy atom. The lowest BCUT2D eigenvalue weighted by Crippen LogP contribution is -2.30. The summed E-state index contributed by atoms with van der Waals surface area (Å²) in [6.07, 6.45) is 0. The number of hydrogen-bond acceptors (Lipinski definition) is 5. The number of likely N-dealkylation sites (N-methyl/N-ethyl adjacent to an activating group) is 1. The van der Waals surface area contributed by atoms with Crippen molar-refractivity contribution < 1.29 is 23.0 Å². The maximum absolute atomic E-state index is 12.6. The second kappa shape index (κ2) is 10.0. The lowest BCUT2D eigenvalue weighted by atomic mass is 10.2. The monoisotopic (exact) mass is 430 g/mol. The van der Waals surface area contributed by atoms with Crippen LogP contribution in [0.25, 0.3) is 5.69 Å². The fraction of sp³-hybridized carbons (Fsp3) is 0.273. The number of para-hydroxylation sites is 1. The van der Waals surface area contributed by atoms with Crippen LogP contribution in [0.15, 0.2) is 54.6 Å². The Morgan fingerprint density at radius 1 is 1.16 bits per heavy atom. The summed E-state index contributed by atoms with van der Waals surface area (Å²) >= 11 is 0. The third kappa shape index (κ3) is 6.02. The Labute approximate surface area is 179 Å². The maximum atomic E-state index is 12.6. The fourth-order valence-corrected chi connectivity index (χ4v) is 3.15. The maximum Gasteiger partial charge on any atom is 0.387 e. The summed E-state index contributed by atoms with van der Waals surface area (Å²) in [7, 11) is 3.17. The summed E-state index contributed by atoms with van der Waals surface area (Å²) in [5, 5.41) is 7.33. The number of nitrogens with one attached hydrogen (secondary N) is 1. The normalized spacial score (nSPS) is 11.1. The van der Waals surface area contributed by atoms with Crippen LogP contribution < -0.4 is 14.8 Å². The molecule has 31 heavy (non-hydrogen) atoms. The number of ether oxygens (including phenoxy) is 2. The number of alkyl halides is 2. The van der Waals surface area contributed by atoms with Crippen molar-refractivity contribution >= 4 is 11.7 Å². The molecule has 1 N–H and O–H groups in total. The van der Waals surface area contributed by atoms with Gasteiger partial charge in [-0.15, -0.1) is 0 Å². The largest absolute Gasteiger partial charge is 0.493 e. The standard InChI is InChI=1S/C22H24F2N4O3/c1-15-11-20(28(26-15)17-7-5-4-6-8-17)25-21(29)14-27(2)13-16-9-10-18(31-22(23)24)19(12-16)30-3/h4-12,22H,13-14H2,1-3H3,(H,25,29). The average Bonchev–Trinajstić information content (AvgIpc) is 3.09. The predicted molar refractivity (Wildman–Crippen MR) is 113 cm³/mol. The SMILES string of the molecule is COc1cc(CN(C)CC(=O)Nc2cc(C)nn2-c2ccccc2)ccc1OC(F)F. The Kier molecular flexibility index (Phi) is 7.19. The first-order valence-electron chi connectivity index (χ1n) is 9.58. The zero-order valence-electron chi connectivity index (χ0n) is 17.5. The molecule has 1 aromatic heterocycles. The molecule has 1 heterocycles. The number of carbonyl (C=O) groups excluding carboxylic acids is 1. The van der Waals surface area contributed by atoms with E-state index in [0.29, 0.717) is 12.4 Å². The first-order valence-corrected chi connectivity index (χ1v) is 9.58. The van der Waals surface area contributed by atoms with Crippen LogP contribution in [0.2, 0.25) is 0 Å². The molecule has 0 radical (unpaired) electrons. The Bertz CT molecular complexity index is 1020. The molecule has 3 aromatic rings. The average molecular weight is 430 g/mol. The highest BCUT2D eigenvalue weighted by atomic mass is 19.3. The molecular weight excluding hydrogens is 406 g/mol. The third-order valence-corrected chi connectivity index (χ3v) is 4.41. The van der Waals surface area contributed by atoms with Crippen LogP contribution >= 0.6 is 0 Å². The van der Waals surface area contributed by atoms with Crippen LogP contribution in [0, 0.1) is 6.92 Å². The number of amides is 1. The lowest BCUT2D eigenvalue weighted by Gasteiger charge is -2.18. The molecule has 164 valence electrons. The van der Waals surface area contributed by atoms with Gasteiger partial charge in [-0.3, -0.25) is 9.69 Å². The molecule has 0 saturated heterocycles. The van der Waals surface area contributed by atoms with Gasteiger partial charge >= 0.3 is 6.61 Å². The fourth-order valence-electron chi connectivity index (χ4n) is 3.15. The van der Waals surface area contributed by atoms with Crippen molar-refractivity contribution in [2.24, 2.45) is 0 Å². The van der Waals surface area contributed by atoms with Crippen molar-refractivity contribution in [1.82, 2.24) is 14.7 Å². The summed E-state index contributed by atoms with van der Waals surface area (Å²) < 4.78 is 36.2. The number of halogens is 2. The van der Waals surface area contributed by atoms with Gasteiger partial charge in [0, 0.05) is 12.6 Å². The molecular formula is C22H24F2N4O3. The number of aryl methyl sites for hydroxylation is 1. The van der Waals surface area contributed by atoms with E-state index in [2.05, 4.69) is 15.2 Å². The topological polar surface area (TPSA) is 68.6 Å². The van der Waals surface area contributed by atoms with E-state index in [4.69, 9.17) is 4.74 Å². The van der Waals surface area contributed by atoms with Crippen LogP contribution in [-0.2, 0) is 11.3 Å². The molecule has 0 atom stereocenters. The second-order valence-electron chi connectivity index (χ2n) is 7.00. The van der Waals surface area contributed by atoms with Gasteiger partial charge in [0.25, 0.3) is 0 Å². The minimum atomic E-state index is -2.93. The van der Waals surface area contributed by atoms with Crippen LogP contribution in [0.1, 0.15) is 11.3 Å². The first kappa shape index (κ1) is 22.2. The lowest BCUT2D eigenvalue weighted by molar-refractivity contribution is -0.117. The van der Waals surface area contributed by atoms with E-state index < -0.39 is 6.61 Å². The number of nitrogens with zero attached hydrogens (tertiary/aromatic N) is 3. The van der Waals surface area contributed by atoms with E-state index in [-0.39, 0.29) is 24.0 Å². The minimum Gasteiger partial charge on any atom is -0.493 e. The molecule has 3 rings (SSSR count). The molecule has 0 fully saturated rings. The van der Waals surface area contributed by atoms with Gasteiger partial charge in [0.1, 0.15) is 5.82 Å². The summed E-state index contributed by atoms with van der Waals surface area (Å²) in [5.41, 5.74) is 2.42. The van der Waals surface area contributed by atoms with Gasteiger partial charge in [-0.25, -0.2) is 4.68 Å². The number of methoxy groups -OCH3 is 1. The predicted octanol–water partition coefficient (Wildman–Crippen LogP) is 3.86. The number of hydrogen-bond donors (Lipinski definition) is 1. The third-order valence-electron chi connectivity index (χ3n) is 4.41. The Hall–Kier alpha value is -3.46. The van der Waals surface area contributed by atoms with Gasteiger partial charge in [0.05, 0.1) is 25.0 Å². The van der Waals surface area contributed by atoms with Crippen molar-refractivity contribution in [2.45, 2.75) is 20.1 Å². The van der Waals surface area contributed by atoms with Crippen molar-refractivity contribution in [3.8, 4) is 17.2 Å². The first-order chi connectivity index (χ1) is 14.9. The van der Waals surface area contributed by atoms with E-state index in [1.54, 1.807) is 34.8 Å². The molecule has 9 heteroatoms. The van der Waals surface area contributed by atoms with Crippen molar-refractivity contribution in [2.75, 3.05) is 26.0 Å². The van der Waals surface area contributed by atoms with Gasteiger partial charge in [-0.2, -0.15) is 13.9 Å². The summed E-state index contributed by atoms with van der Waals surface area (Å²) in [4.78, 5) is 14.4. The van der Waals surface area contributed by atoms with E-state index >= 15 is 0 Å². The molecule has 2 aromatic carbocycles. The van der Waals surface area contributed by atoms with E-state index in [1.165, 1.54) is 13.2 Å². The zero-order chi connectivity index (χ0) is 22.4. The van der Waals surface area contributed by atoms with Gasteiger partial charge in [0.15, 0.2) is 11.5 Å². The summed E-state index contributed by atoms with van der Waals surface area (Å²) in [6.45, 7) is -0.540. The van der Waals surface area contributed by atoms with Gasteiger partial charge in [-0.1, -0.05) is 24.3 Å². The highest BCUT2D eigenvalue weighted by molar-refractivity contribution is 5.91. The van der Waals surface area contributed by atoms with Crippen LogP contribution in [-0.4, -0.2) is 47.9 Å². The van der Waals surface area contributed by atoms with E-state index in [1.807, 2.05) is 37.3 Å². The quantitative estimate of drug-likeness (QED) is 0.558. The van der Waals surface area contributed by atoms with Crippen LogP contribution in [0.3, 0.4) is 0 Å².